The highest BCUT2D eigenvalue weighted by atomic mass is 32.1. The SMILES string of the molecule is Nc1ccc(NC(=O)c2cnns2)c(C(F)(F)F)c1. The lowest BCUT2D eigenvalue weighted by atomic mass is 10.1. The minimum atomic E-state index is -4.61. The Labute approximate surface area is 109 Å². The first-order chi connectivity index (χ1) is 8.88. The first kappa shape index (κ1) is 13.3. The summed E-state index contributed by atoms with van der Waals surface area (Å²) >= 11 is 0.788. The molecular weight excluding hydrogens is 281 g/mol. The Hall–Kier alpha value is -2.16. The van der Waals surface area contributed by atoms with E-state index < -0.39 is 17.6 Å². The first-order valence-electron chi connectivity index (χ1n) is 4.93. The van der Waals surface area contributed by atoms with E-state index in [0.29, 0.717) is 0 Å². The number of anilines is 2. The number of carbonyl (C=O) groups is 1. The summed E-state index contributed by atoms with van der Waals surface area (Å²) in [6.45, 7) is 0. The molecule has 2 rings (SSSR count). The molecule has 2 aromatic rings. The summed E-state index contributed by atoms with van der Waals surface area (Å²) in [6, 6.07) is 3.14. The third kappa shape index (κ3) is 2.99. The van der Waals surface area contributed by atoms with Crippen LogP contribution in [0.3, 0.4) is 0 Å². The van der Waals surface area contributed by atoms with Crippen molar-refractivity contribution in [1.82, 2.24) is 9.59 Å². The summed E-state index contributed by atoms with van der Waals surface area (Å²) in [5.41, 5.74) is 3.92. The van der Waals surface area contributed by atoms with E-state index in [2.05, 4.69) is 14.9 Å². The van der Waals surface area contributed by atoms with E-state index in [9.17, 15) is 18.0 Å². The van der Waals surface area contributed by atoms with Crippen LogP contribution in [-0.4, -0.2) is 15.5 Å². The van der Waals surface area contributed by atoms with Gasteiger partial charge in [0.25, 0.3) is 5.91 Å². The van der Waals surface area contributed by atoms with Crippen LogP contribution in [0.25, 0.3) is 0 Å². The largest absolute Gasteiger partial charge is 0.418 e. The number of carbonyl (C=O) groups excluding carboxylic acids is 1. The minimum absolute atomic E-state index is 0.0372. The van der Waals surface area contributed by atoms with Crippen molar-refractivity contribution in [2.75, 3.05) is 11.1 Å². The average molecular weight is 288 g/mol. The Balaban J connectivity index is 2.33. The monoisotopic (exact) mass is 288 g/mol. The van der Waals surface area contributed by atoms with Crippen LogP contribution in [0.2, 0.25) is 0 Å². The number of alkyl halides is 3. The molecule has 9 heteroatoms. The van der Waals surface area contributed by atoms with Crippen LogP contribution in [0.1, 0.15) is 15.2 Å². The maximum Gasteiger partial charge on any atom is 0.418 e. The van der Waals surface area contributed by atoms with E-state index in [1.165, 1.54) is 12.3 Å². The Morgan fingerprint density at radius 3 is 2.68 bits per heavy atom. The number of hydrogen-bond donors (Lipinski definition) is 2. The van der Waals surface area contributed by atoms with Gasteiger partial charge in [0.1, 0.15) is 4.88 Å². The molecule has 0 spiro atoms. The second-order valence-corrected chi connectivity index (χ2v) is 4.32. The Morgan fingerprint density at radius 1 is 1.37 bits per heavy atom. The van der Waals surface area contributed by atoms with Gasteiger partial charge in [0.05, 0.1) is 17.4 Å². The number of aromatic nitrogens is 2. The first-order valence-corrected chi connectivity index (χ1v) is 5.70. The quantitative estimate of drug-likeness (QED) is 0.831. The van der Waals surface area contributed by atoms with Gasteiger partial charge >= 0.3 is 6.18 Å². The van der Waals surface area contributed by atoms with Gasteiger partial charge in [-0.25, -0.2) is 0 Å². The van der Waals surface area contributed by atoms with Crippen molar-refractivity contribution in [1.29, 1.82) is 0 Å². The summed E-state index contributed by atoms with van der Waals surface area (Å²) < 4.78 is 41.8. The number of benzene rings is 1. The second kappa shape index (κ2) is 4.84. The molecule has 0 aliphatic carbocycles. The maximum atomic E-state index is 12.8. The number of nitrogens with two attached hydrogens (primary N) is 1. The van der Waals surface area contributed by atoms with E-state index in [1.807, 2.05) is 0 Å². The van der Waals surface area contributed by atoms with Crippen molar-refractivity contribution in [3.63, 3.8) is 0 Å². The number of nitrogens with one attached hydrogen (secondary N) is 1. The van der Waals surface area contributed by atoms with Gasteiger partial charge in [-0.3, -0.25) is 4.79 Å². The lowest BCUT2D eigenvalue weighted by molar-refractivity contribution is -0.136. The zero-order chi connectivity index (χ0) is 14.0. The van der Waals surface area contributed by atoms with Crippen LogP contribution >= 0.6 is 11.5 Å². The number of halogens is 3. The van der Waals surface area contributed by atoms with Gasteiger partial charge in [-0.1, -0.05) is 4.49 Å². The molecule has 0 bridgehead atoms. The van der Waals surface area contributed by atoms with Gasteiger partial charge in [0, 0.05) is 5.69 Å². The van der Waals surface area contributed by atoms with Gasteiger partial charge in [0.2, 0.25) is 0 Å². The second-order valence-electron chi connectivity index (χ2n) is 3.54. The van der Waals surface area contributed by atoms with Crippen molar-refractivity contribution in [3.8, 4) is 0 Å². The molecule has 0 unspecified atom stereocenters. The summed E-state index contributed by atoms with van der Waals surface area (Å²) in [7, 11) is 0. The highest BCUT2D eigenvalue weighted by molar-refractivity contribution is 7.07. The number of amides is 1. The van der Waals surface area contributed by atoms with Gasteiger partial charge in [0.15, 0.2) is 0 Å². The molecule has 19 heavy (non-hydrogen) atoms. The average Bonchev–Trinajstić information content (AvgIpc) is 2.83. The maximum absolute atomic E-state index is 12.8. The third-order valence-corrected chi connectivity index (χ3v) is 2.85. The fourth-order valence-electron chi connectivity index (χ4n) is 1.36. The molecule has 0 atom stereocenters. The van der Waals surface area contributed by atoms with Crippen LogP contribution in [0, 0.1) is 0 Å². The Morgan fingerprint density at radius 2 is 2.11 bits per heavy atom. The molecule has 1 aromatic heterocycles. The number of nitrogens with zero attached hydrogens (tertiary/aromatic N) is 2. The van der Waals surface area contributed by atoms with Gasteiger partial charge in [-0.05, 0) is 29.7 Å². The van der Waals surface area contributed by atoms with Crippen LogP contribution < -0.4 is 11.1 Å². The molecule has 3 N–H and O–H groups in total. The molecule has 0 aliphatic heterocycles. The van der Waals surface area contributed by atoms with E-state index in [1.54, 1.807) is 0 Å². The van der Waals surface area contributed by atoms with Crippen molar-refractivity contribution in [3.05, 3.63) is 34.8 Å². The number of rotatable bonds is 2. The van der Waals surface area contributed by atoms with Crippen LogP contribution in [0.15, 0.2) is 24.4 Å². The van der Waals surface area contributed by atoms with Gasteiger partial charge in [-0.2, -0.15) is 13.2 Å². The molecule has 0 radical (unpaired) electrons. The zero-order valence-electron chi connectivity index (χ0n) is 9.23. The number of hydrogen-bond acceptors (Lipinski definition) is 5. The molecule has 0 saturated heterocycles. The highest BCUT2D eigenvalue weighted by Gasteiger charge is 2.34. The lowest BCUT2D eigenvalue weighted by Crippen LogP contribution is -2.16. The number of nitrogen functional groups attached to an aromatic ring is 1. The van der Waals surface area contributed by atoms with E-state index in [0.717, 1.165) is 23.7 Å². The summed E-state index contributed by atoms with van der Waals surface area (Å²) in [5.74, 6) is -0.703. The fraction of sp³-hybridized carbons (Fsp3) is 0.100. The molecule has 1 aromatic carbocycles. The minimum Gasteiger partial charge on any atom is -0.399 e. The van der Waals surface area contributed by atoms with Gasteiger partial charge in [-0.15, -0.1) is 5.10 Å². The molecule has 1 heterocycles. The lowest BCUT2D eigenvalue weighted by Gasteiger charge is -2.13. The normalized spacial score (nSPS) is 11.3. The summed E-state index contributed by atoms with van der Waals surface area (Å²) in [5, 5.41) is 5.60. The fourth-order valence-corrected chi connectivity index (χ4v) is 1.77. The predicted molar refractivity (Wildman–Crippen MR) is 63.7 cm³/mol. The standard InChI is InChI=1S/C10H7F3N4OS/c11-10(12,13)6-3-5(14)1-2-7(6)16-9(18)8-4-15-17-19-8/h1-4H,14H2,(H,16,18). The van der Waals surface area contributed by atoms with Crippen molar-refractivity contribution in [2.45, 2.75) is 6.18 Å². The predicted octanol–water partition coefficient (Wildman–Crippen LogP) is 2.39. The summed E-state index contributed by atoms with van der Waals surface area (Å²) in [6.07, 6.45) is -3.44. The van der Waals surface area contributed by atoms with Crippen molar-refractivity contribution in [2.24, 2.45) is 0 Å². The van der Waals surface area contributed by atoms with Crippen LogP contribution in [0.5, 0.6) is 0 Å². The molecule has 0 fully saturated rings. The zero-order valence-corrected chi connectivity index (χ0v) is 10.0. The van der Waals surface area contributed by atoms with Crippen LogP contribution in [0.4, 0.5) is 24.5 Å². The van der Waals surface area contributed by atoms with Crippen LogP contribution in [-0.2, 0) is 6.18 Å². The third-order valence-electron chi connectivity index (χ3n) is 2.18. The van der Waals surface area contributed by atoms with E-state index in [4.69, 9.17) is 5.73 Å². The highest BCUT2D eigenvalue weighted by Crippen LogP contribution is 2.36. The molecule has 0 saturated carbocycles. The molecule has 1 amide bonds. The smallest absolute Gasteiger partial charge is 0.399 e. The van der Waals surface area contributed by atoms with Crippen molar-refractivity contribution < 1.29 is 18.0 Å². The van der Waals surface area contributed by atoms with Gasteiger partial charge < -0.3 is 11.1 Å². The van der Waals surface area contributed by atoms with E-state index >= 15 is 0 Å². The Kier molecular flexibility index (Phi) is 3.38. The molecule has 0 aliphatic rings. The molecule has 100 valence electrons. The summed E-state index contributed by atoms with van der Waals surface area (Å²) in [4.78, 5) is 11.8. The molecule has 5 nitrogen and oxygen atoms in total. The Bertz CT molecular complexity index is 597. The van der Waals surface area contributed by atoms with E-state index in [-0.39, 0.29) is 16.3 Å². The van der Waals surface area contributed by atoms with Crippen molar-refractivity contribution >= 4 is 28.8 Å². The molecular formula is C10H7F3N4OS. The topological polar surface area (TPSA) is 80.9 Å².